The molecule has 0 atom stereocenters. The predicted molar refractivity (Wildman–Crippen MR) is 64.4 cm³/mol. The van der Waals surface area contributed by atoms with E-state index in [1.54, 1.807) is 13.8 Å². The number of hydrogen-bond acceptors (Lipinski definition) is 3. The van der Waals surface area contributed by atoms with Crippen molar-refractivity contribution in [2.45, 2.75) is 45.2 Å². The van der Waals surface area contributed by atoms with E-state index >= 15 is 0 Å². The van der Waals surface area contributed by atoms with Crippen LogP contribution in [0.1, 0.15) is 39.5 Å². The van der Waals surface area contributed by atoms with Gasteiger partial charge >= 0.3 is 5.66 Å². The third-order valence-corrected chi connectivity index (χ3v) is 6.46. The van der Waals surface area contributed by atoms with Crippen molar-refractivity contribution in [3.05, 3.63) is 0 Å². The molecule has 0 heterocycles. The monoisotopic (exact) mass is 272 g/mol. The van der Waals surface area contributed by atoms with Crippen molar-refractivity contribution in [2.75, 3.05) is 13.2 Å². The lowest BCUT2D eigenvalue weighted by Gasteiger charge is -2.33. The van der Waals surface area contributed by atoms with Gasteiger partial charge in [-0.2, -0.15) is 8.78 Å². The van der Waals surface area contributed by atoms with Crippen molar-refractivity contribution in [3.8, 4) is 0 Å². The Hall–Kier alpha value is 0.430. The molecule has 0 saturated heterocycles. The first kappa shape index (κ1) is 14.5. The maximum absolute atomic E-state index is 14.2. The lowest BCUT2D eigenvalue weighted by atomic mass is 10.1. The van der Waals surface area contributed by atoms with Gasteiger partial charge in [0.1, 0.15) is 0 Å². The van der Waals surface area contributed by atoms with Gasteiger partial charge in [-0.05, 0) is 38.5 Å². The normalized spacial score (nSPS) is 19.2. The van der Waals surface area contributed by atoms with Crippen molar-refractivity contribution in [1.29, 1.82) is 0 Å². The molecule has 0 amide bonds. The minimum atomic E-state index is -3.47. The van der Waals surface area contributed by atoms with Crippen molar-refractivity contribution in [3.63, 3.8) is 0 Å². The maximum atomic E-state index is 14.2. The third kappa shape index (κ3) is 2.81. The van der Waals surface area contributed by atoms with E-state index in [0.29, 0.717) is 12.8 Å². The molecule has 1 fully saturated rings. The van der Waals surface area contributed by atoms with Gasteiger partial charge in [-0.1, -0.05) is 12.8 Å². The summed E-state index contributed by atoms with van der Waals surface area (Å²) in [5.74, 6) is -0.656. The third-order valence-electron chi connectivity index (χ3n) is 2.81. The van der Waals surface area contributed by atoms with E-state index in [1.165, 1.54) is 0 Å². The van der Waals surface area contributed by atoms with Crippen LogP contribution in [-0.4, -0.2) is 18.9 Å². The van der Waals surface area contributed by atoms with Crippen LogP contribution in [0.2, 0.25) is 0 Å². The molecule has 0 aliphatic heterocycles. The van der Waals surface area contributed by atoms with Gasteiger partial charge in [-0.15, -0.1) is 0 Å². The summed E-state index contributed by atoms with van der Waals surface area (Å²) in [6.45, 7) is 0.232. The zero-order valence-electron chi connectivity index (χ0n) is 9.75. The topological polar surface area (TPSA) is 18.5 Å². The van der Waals surface area contributed by atoms with Crippen LogP contribution in [0.3, 0.4) is 0 Å². The highest BCUT2D eigenvalue weighted by atomic mass is 32.5. The second-order valence-corrected chi connectivity index (χ2v) is 7.45. The molecular weight excluding hydrogens is 253 g/mol. The predicted octanol–water partition coefficient (Wildman–Crippen LogP) is 4.15. The Bertz CT molecular complexity index is 258. The molecule has 1 rings (SSSR count). The number of halogens is 2. The Kier molecular flexibility index (Phi) is 5.30. The van der Waals surface area contributed by atoms with Crippen molar-refractivity contribution in [2.24, 2.45) is 5.92 Å². The van der Waals surface area contributed by atoms with E-state index in [4.69, 9.17) is 20.9 Å². The molecule has 0 aromatic rings. The standard InChI is InChI=1S/C10H19F2O2PS/c1-3-13-15(16,14-4-2)10(11,12)9-7-5-6-8-9/h9H,3-8H2,1-2H3. The largest absolute Gasteiger partial charge is 0.326 e. The average Bonchev–Trinajstić information content (AvgIpc) is 2.71. The molecule has 0 aromatic carbocycles. The zero-order chi connectivity index (χ0) is 12.2. The van der Waals surface area contributed by atoms with Gasteiger partial charge in [0, 0.05) is 5.92 Å². The molecule has 6 heteroatoms. The van der Waals surface area contributed by atoms with Gasteiger partial charge in [0.2, 0.25) is 0 Å². The lowest BCUT2D eigenvalue weighted by molar-refractivity contribution is 0.00405. The minimum Gasteiger partial charge on any atom is -0.326 e. The number of rotatable bonds is 6. The first-order valence-electron chi connectivity index (χ1n) is 5.75. The fraction of sp³-hybridized carbons (Fsp3) is 1.00. The summed E-state index contributed by atoms with van der Waals surface area (Å²) < 4.78 is 38.7. The quantitative estimate of drug-likeness (QED) is 0.677. The summed E-state index contributed by atoms with van der Waals surface area (Å²) in [6, 6.07) is 0. The fourth-order valence-corrected chi connectivity index (χ4v) is 4.93. The second-order valence-electron chi connectivity index (χ2n) is 3.90. The first-order chi connectivity index (χ1) is 7.48. The summed E-state index contributed by atoms with van der Waals surface area (Å²) in [4.78, 5) is 0. The highest BCUT2D eigenvalue weighted by Crippen LogP contribution is 2.67. The highest BCUT2D eigenvalue weighted by Gasteiger charge is 2.54. The van der Waals surface area contributed by atoms with Crippen LogP contribution in [0.25, 0.3) is 0 Å². The van der Waals surface area contributed by atoms with Crippen LogP contribution >= 0.6 is 6.49 Å². The molecule has 96 valence electrons. The van der Waals surface area contributed by atoms with E-state index in [2.05, 4.69) is 0 Å². The SMILES string of the molecule is CCOP(=S)(OCC)C(F)(F)C1CCCC1. The molecule has 0 N–H and O–H groups in total. The Morgan fingerprint density at radius 3 is 2.00 bits per heavy atom. The van der Waals surface area contributed by atoms with E-state index in [1.807, 2.05) is 0 Å². The van der Waals surface area contributed by atoms with E-state index in [0.717, 1.165) is 12.8 Å². The van der Waals surface area contributed by atoms with Crippen LogP contribution in [0.5, 0.6) is 0 Å². The van der Waals surface area contributed by atoms with E-state index < -0.39 is 18.1 Å². The molecule has 1 aliphatic carbocycles. The maximum Gasteiger partial charge on any atom is 0.323 e. The fourth-order valence-electron chi connectivity index (χ4n) is 2.05. The van der Waals surface area contributed by atoms with Crippen molar-refractivity contribution < 1.29 is 17.8 Å². The second kappa shape index (κ2) is 5.85. The Morgan fingerprint density at radius 1 is 1.19 bits per heavy atom. The molecule has 2 nitrogen and oxygen atoms in total. The Morgan fingerprint density at radius 2 is 1.62 bits per heavy atom. The number of alkyl halides is 2. The molecule has 0 radical (unpaired) electrons. The summed E-state index contributed by atoms with van der Waals surface area (Å²) in [5, 5.41) is 0. The van der Waals surface area contributed by atoms with Crippen LogP contribution in [0.15, 0.2) is 0 Å². The number of hydrogen-bond donors (Lipinski definition) is 0. The summed E-state index contributed by atoms with van der Waals surface area (Å²) in [7, 11) is 0. The molecule has 1 aliphatic rings. The lowest BCUT2D eigenvalue weighted by Crippen LogP contribution is -2.28. The summed E-state index contributed by atoms with van der Waals surface area (Å²) in [6.07, 6.45) is 2.78. The molecule has 0 bridgehead atoms. The van der Waals surface area contributed by atoms with Gasteiger partial charge in [0.15, 0.2) is 0 Å². The molecule has 0 aromatic heterocycles. The zero-order valence-corrected chi connectivity index (χ0v) is 11.5. The van der Waals surface area contributed by atoms with E-state index in [9.17, 15) is 8.78 Å². The van der Waals surface area contributed by atoms with Gasteiger partial charge in [0.25, 0.3) is 6.49 Å². The van der Waals surface area contributed by atoms with Crippen LogP contribution < -0.4 is 0 Å². The van der Waals surface area contributed by atoms with Gasteiger partial charge < -0.3 is 9.05 Å². The van der Waals surface area contributed by atoms with Gasteiger partial charge in [0.05, 0.1) is 13.2 Å². The smallest absolute Gasteiger partial charge is 0.323 e. The molecule has 16 heavy (non-hydrogen) atoms. The van der Waals surface area contributed by atoms with Crippen molar-refractivity contribution in [1.82, 2.24) is 0 Å². The van der Waals surface area contributed by atoms with Gasteiger partial charge in [-0.3, -0.25) is 0 Å². The average molecular weight is 272 g/mol. The highest BCUT2D eigenvalue weighted by molar-refractivity contribution is 8.10. The van der Waals surface area contributed by atoms with Crippen molar-refractivity contribution >= 4 is 18.3 Å². The van der Waals surface area contributed by atoms with E-state index in [-0.39, 0.29) is 13.2 Å². The summed E-state index contributed by atoms with van der Waals surface area (Å²) >= 11 is 4.99. The Labute approximate surface area is 101 Å². The Balaban J connectivity index is 2.85. The minimum absolute atomic E-state index is 0.180. The van der Waals surface area contributed by atoms with Gasteiger partial charge in [-0.25, -0.2) is 0 Å². The first-order valence-corrected chi connectivity index (χ1v) is 8.38. The van der Waals surface area contributed by atoms with Crippen LogP contribution in [0.4, 0.5) is 8.78 Å². The molecule has 1 saturated carbocycles. The molecule has 0 unspecified atom stereocenters. The molecule has 0 spiro atoms. The van der Waals surface area contributed by atoms with Crippen LogP contribution in [-0.2, 0) is 20.9 Å². The van der Waals surface area contributed by atoms with Crippen LogP contribution in [0, 0.1) is 5.92 Å². The molecular formula is C10H19F2O2PS. The summed E-state index contributed by atoms with van der Waals surface area (Å²) in [5.41, 5.74) is -2.98.